The highest BCUT2D eigenvalue weighted by Gasteiger charge is 2.47. The molecule has 5 rings (SSSR count). The quantitative estimate of drug-likeness (QED) is 0.681. The molecular weight excluding hydrogens is 436 g/mol. The maximum absolute atomic E-state index is 13.2. The van der Waals surface area contributed by atoms with E-state index in [0.29, 0.717) is 19.4 Å². The van der Waals surface area contributed by atoms with Crippen LogP contribution in [-0.2, 0) is 19.1 Å². The van der Waals surface area contributed by atoms with Gasteiger partial charge in [-0.3, -0.25) is 4.79 Å². The van der Waals surface area contributed by atoms with E-state index in [0.717, 1.165) is 28.7 Å². The van der Waals surface area contributed by atoms with Crippen LogP contribution in [0.1, 0.15) is 36.3 Å². The zero-order chi connectivity index (χ0) is 23.7. The fourth-order valence-electron chi connectivity index (χ4n) is 5.28. The van der Waals surface area contributed by atoms with E-state index in [-0.39, 0.29) is 38.1 Å². The highest BCUT2D eigenvalue weighted by molar-refractivity contribution is 5.85. The van der Waals surface area contributed by atoms with Gasteiger partial charge in [0.1, 0.15) is 6.61 Å². The lowest BCUT2D eigenvalue weighted by Gasteiger charge is -2.45. The SMILES string of the molecule is O=C(NCC1(C(=O)N2CCOC(C(=O)O)C2)CCC1)OCC1c2ccccc2-c2ccccc21. The Balaban J connectivity index is 1.19. The number of carbonyl (C=O) groups is 3. The topological polar surface area (TPSA) is 105 Å². The van der Waals surface area contributed by atoms with Gasteiger partial charge in [0.2, 0.25) is 5.91 Å². The van der Waals surface area contributed by atoms with Crippen LogP contribution >= 0.6 is 0 Å². The molecule has 2 aromatic carbocycles. The van der Waals surface area contributed by atoms with E-state index in [1.54, 1.807) is 4.90 Å². The molecular formula is C26H28N2O6. The van der Waals surface area contributed by atoms with Gasteiger partial charge >= 0.3 is 12.1 Å². The van der Waals surface area contributed by atoms with E-state index < -0.39 is 23.6 Å². The zero-order valence-electron chi connectivity index (χ0n) is 18.9. The van der Waals surface area contributed by atoms with Crippen LogP contribution in [-0.4, -0.2) is 66.9 Å². The van der Waals surface area contributed by atoms with Crippen molar-refractivity contribution >= 4 is 18.0 Å². The molecule has 2 aliphatic carbocycles. The van der Waals surface area contributed by atoms with Crippen molar-refractivity contribution in [3.05, 3.63) is 59.7 Å². The lowest BCUT2D eigenvalue weighted by molar-refractivity contribution is -0.165. The van der Waals surface area contributed by atoms with Crippen molar-refractivity contribution in [3.63, 3.8) is 0 Å². The Bertz CT molecular complexity index is 1070. The average Bonchev–Trinajstić information content (AvgIpc) is 3.15. The van der Waals surface area contributed by atoms with Crippen LogP contribution in [0.15, 0.2) is 48.5 Å². The molecule has 34 heavy (non-hydrogen) atoms. The first kappa shape index (κ1) is 22.4. The first-order valence-electron chi connectivity index (χ1n) is 11.7. The number of nitrogens with zero attached hydrogens (tertiary/aromatic N) is 1. The highest BCUT2D eigenvalue weighted by atomic mass is 16.5. The summed E-state index contributed by atoms with van der Waals surface area (Å²) in [6.45, 7) is 0.969. The van der Waals surface area contributed by atoms with E-state index in [4.69, 9.17) is 9.47 Å². The number of carboxylic acid groups (broad SMARTS) is 1. The minimum Gasteiger partial charge on any atom is -0.479 e. The Morgan fingerprint density at radius 1 is 1.06 bits per heavy atom. The van der Waals surface area contributed by atoms with E-state index in [1.807, 2.05) is 24.3 Å². The molecule has 8 nitrogen and oxygen atoms in total. The molecule has 0 spiro atoms. The maximum Gasteiger partial charge on any atom is 0.407 e. The lowest BCUT2D eigenvalue weighted by Crippen LogP contribution is -2.58. The molecule has 1 unspecified atom stereocenters. The van der Waals surface area contributed by atoms with Gasteiger partial charge in [0.15, 0.2) is 6.10 Å². The third kappa shape index (κ3) is 4.03. The molecule has 0 radical (unpaired) electrons. The first-order valence-corrected chi connectivity index (χ1v) is 11.7. The minimum atomic E-state index is -1.07. The summed E-state index contributed by atoms with van der Waals surface area (Å²) in [7, 11) is 0. The number of aliphatic carboxylic acids is 1. The summed E-state index contributed by atoms with van der Waals surface area (Å²) in [4.78, 5) is 38.6. The average molecular weight is 465 g/mol. The van der Waals surface area contributed by atoms with Crippen LogP contribution in [0.2, 0.25) is 0 Å². The molecule has 1 saturated carbocycles. The molecule has 0 aromatic heterocycles. The summed E-state index contributed by atoms with van der Waals surface area (Å²) < 4.78 is 10.8. The third-order valence-corrected chi connectivity index (χ3v) is 7.31. The normalized spacial score (nSPS) is 20.6. The van der Waals surface area contributed by atoms with Gasteiger partial charge in [-0.05, 0) is 35.1 Å². The molecule has 2 aromatic rings. The Morgan fingerprint density at radius 2 is 1.71 bits per heavy atom. The summed E-state index contributed by atoms with van der Waals surface area (Å²) in [5.41, 5.74) is 3.91. The van der Waals surface area contributed by atoms with Crippen molar-refractivity contribution in [2.45, 2.75) is 31.3 Å². The first-order chi connectivity index (χ1) is 16.5. The van der Waals surface area contributed by atoms with Crippen molar-refractivity contribution in [2.24, 2.45) is 5.41 Å². The maximum atomic E-state index is 13.2. The number of nitrogens with one attached hydrogen (secondary N) is 1. The second-order valence-electron chi connectivity index (χ2n) is 9.26. The van der Waals surface area contributed by atoms with Crippen molar-refractivity contribution < 1.29 is 29.0 Å². The molecule has 178 valence electrons. The van der Waals surface area contributed by atoms with Crippen molar-refractivity contribution in [1.29, 1.82) is 0 Å². The second kappa shape index (κ2) is 9.10. The van der Waals surface area contributed by atoms with Gasteiger partial charge in [-0.15, -0.1) is 0 Å². The minimum absolute atomic E-state index is 0.0286. The lowest BCUT2D eigenvalue weighted by atomic mass is 9.67. The fraction of sp³-hybridized carbons (Fsp3) is 0.423. The number of carboxylic acids is 1. The molecule has 1 saturated heterocycles. The number of rotatable bonds is 6. The van der Waals surface area contributed by atoms with Crippen molar-refractivity contribution in [3.8, 4) is 11.1 Å². The van der Waals surface area contributed by atoms with E-state index in [1.165, 1.54) is 0 Å². The van der Waals surface area contributed by atoms with Crippen LogP contribution in [0.3, 0.4) is 0 Å². The van der Waals surface area contributed by atoms with Gasteiger partial charge in [-0.25, -0.2) is 9.59 Å². The number of hydrogen-bond donors (Lipinski definition) is 2. The Hall–Kier alpha value is -3.39. The van der Waals surface area contributed by atoms with Gasteiger partial charge < -0.3 is 24.8 Å². The van der Waals surface area contributed by atoms with E-state index in [9.17, 15) is 19.5 Å². The predicted octanol–water partition coefficient (Wildman–Crippen LogP) is 3.01. The standard InChI is InChI=1S/C26H28N2O6/c29-23(30)22-14-28(12-13-33-22)24(31)26(10-5-11-26)16-27-25(32)34-15-21-19-8-3-1-6-17(19)18-7-2-4-9-20(18)21/h1-4,6-9,21-22H,5,10-16H2,(H,27,32)(H,29,30). The predicted molar refractivity (Wildman–Crippen MR) is 123 cm³/mol. The molecule has 1 aliphatic heterocycles. The Kier molecular flexibility index (Phi) is 6.00. The van der Waals surface area contributed by atoms with Crippen LogP contribution in [0.4, 0.5) is 4.79 Å². The molecule has 3 aliphatic rings. The van der Waals surface area contributed by atoms with Gasteiger partial charge in [0.05, 0.1) is 18.6 Å². The van der Waals surface area contributed by atoms with Crippen LogP contribution in [0.25, 0.3) is 11.1 Å². The smallest absolute Gasteiger partial charge is 0.407 e. The molecule has 2 N–H and O–H groups in total. The summed E-state index contributed by atoms with van der Waals surface area (Å²) in [5.74, 6) is -1.22. The van der Waals surface area contributed by atoms with Crippen molar-refractivity contribution in [2.75, 3.05) is 32.8 Å². The van der Waals surface area contributed by atoms with Crippen LogP contribution < -0.4 is 5.32 Å². The summed E-state index contributed by atoms with van der Waals surface area (Å²) in [6.07, 6.45) is 0.649. The van der Waals surface area contributed by atoms with Crippen molar-refractivity contribution in [1.82, 2.24) is 10.2 Å². The zero-order valence-corrected chi connectivity index (χ0v) is 18.9. The van der Waals surface area contributed by atoms with Gasteiger partial charge in [0, 0.05) is 19.0 Å². The van der Waals surface area contributed by atoms with Gasteiger partial charge in [-0.1, -0.05) is 55.0 Å². The number of hydrogen-bond acceptors (Lipinski definition) is 5. The second-order valence-corrected chi connectivity index (χ2v) is 9.26. The molecule has 0 bridgehead atoms. The van der Waals surface area contributed by atoms with Crippen LogP contribution in [0.5, 0.6) is 0 Å². The third-order valence-electron chi connectivity index (χ3n) is 7.31. The van der Waals surface area contributed by atoms with E-state index >= 15 is 0 Å². The number of alkyl carbamates (subject to hydrolysis) is 1. The fourth-order valence-corrected chi connectivity index (χ4v) is 5.28. The molecule has 8 heteroatoms. The molecule has 1 heterocycles. The highest BCUT2D eigenvalue weighted by Crippen LogP contribution is 2.45. The summed E-state index contributed by atoms with van der Waals surface area (Å²) in [5, 5.41) is 12.0. The molecule has 2 fully saturated rings. The number of fused-ring (bicyclic) bond motifs is 3. The number of amides is 2. The van der Waals surface area contributed by atoms with Gasteiger partial charge in [0.25, 0.3) is 0 Å². The Labute approximate surface area is 197 Å². The van der Waals surface area contributed by atoms with E-state index in [2.05, 4.69) is 29.6 Å². The number of ether oxygens (including phenoxy) is 2. The van der Waals surface area contributed by atoms with Gasteiger partial charge in [-0.2, -0.15) is 0 Å². The Morgan fingerprint density at radius 3 is 2.29 bits per heavy atom. The number of carbonyl (C=O) groups excluding carboxylic acids is 2. The molecule has 2 amide bonds. The molecule has 1 atom stereocenters. The largest absolute Gasteiger partial charge is 0.479 e. The monoisotopic (exact) mass is 464 g/mol. The number of morpholine rings is 1. The summed E-state index contributed by atoms with van der Waals surface area (Å²) >= 11 is 0. The van der Waals surface area contributed by atoms with Crippen LogP contribution in [0, 0.1) is 5.41 Å². The number of benzene rings is 2. The summed E-state index contributed by atoms with van der Waals surface area (Å²) in [6, 6.07) is 16.3.